The second-order valence-electron chi connectivity index (χ2n) is 6.26. The van der Waals surface area contributed by atoms with Crippen LogP contribution < -0.4 is 10.2 Å². The van der Waals surface area contributed by atoms with Crippen molar-refractivity contribution < 1.29 is 9.59 Å². The summed E-state index contributed by atoms with van der Waals surface area (Å²) in [6.07, 6.45) is 7.93. The number of ketones is 1. The van der Waals surface area contributed by atoms with Gasteiger partial charge < -0.3 is 10.2 Å². The summed E-state index contributed by atoms with van der Waals surface area (Å²) < 4.78 is 0. The molecule has 0 aliphatic carbocycles. The van der Waals surface area contributed by atoms with Crippen LogP contribution in [0.1, 0.15) is 53.3 Å². The maximum absolute atomic E-state index is 12.3. The molecule has 0 unspecified atom stereocenters. The molecule has 130 valence electrons. The van der Waals surface area contributed by atoms with Crippen molar-refractivity contribution in [2.24, 2.45) is 0 Å². The Morgan fingerprint density at radius 3 is 2.08 bits per heavy atom. The Bertz CT molecular complexity index is 733. The fourth-order valence-electron chi connectivity index (χ4n) is 2.86. The summed E-state index contributed by atoms with van der Waals surface area (Å²) in [5.41, 5.74) is 1.66. The molecule has 1 N–H and O–H groups in total. The zero-order valence-corrected chi connectivity index (χ0v) is 14.4. The van der Waals surface area contributed by atoms with E-state index in [4.69, 9.17) is 0 Å². The third kappa shape index (κ3) is 4.41. The fraction of sp³-hybridized carbons (Fsp3) is 0.368. The molecule has 0 spiro atoms. The third-order valence-corrected chi connectivity index (χ3v) is 4.34. The number of nitrogens with one attached hydrogen (secondary N) is 1. The Morgan fingerprint density at radius 1 is 0.920 bits per heavy atom. The van der Waals surface area contributed by atoms with Crippen LogP contribution in [0.4, 0.5) is 11.6 Å². The van der Waals surface area contributed by atoms with Crippen LogP contribution in [0.5, 0.6) is 0 Å². The minimum Gasteiger partial charge on any atom is -0.341 e. The minimum atomic E-state index is -0.266. The molecular weight excluding hydrogens is 316 g/mol. The molecule has 0 atom stereocenters. The first-order chi connectivity index (χ1) is 12.1. The Hall–Kier alpha value is -2.76. The van der Waals surface area contributed by atoms with Crippen molar-refractivity contribution in [1.82, 2.24) is 9.97 Å². The van der Waals surface area contributed by atoms with Crippen LogP contribution in [-0.4, -0.2) is 34.7 Å². The van der Waals surface area contributed by atoms with E-state index in [1.165, 1.54) is 19.8 Å². The first kappa shape index (κ1) is 17.1. The predicted octanol–water partition coefficient (Wildman–Crippen LogP) is 3.31. The van der Waals surface area contributed by atoms with Crippen LogP contribution in [0, 0.1) is 0 Å². The molecule has 6 nitrogen and oxygen atoms in total. The molecule has 3 rings (SSSR count). The molecule has 1 saturated heterocycles. The van der Waals surface area contributed by atoms with E-state index in [1.807, 2.05) is 0 Å². The average molecular weight is 338 g/mol. The monoisotopic (exact) mass is 338 g/mol. The average Bonchev–Trinajstić information content (AvgIpc) is 2.92. The Labute approximate surface area is 147 Å². The first-order valence-corrected chi connectivity index (χ1v) is 8.63. The number of carbonyl (C=O) groups is 2. The summed E-state index contributed by atoms with van der Waals surface area (Å²) in [7, 11) is 0. The highest BCUT2D eigenvalue weighted by molar-refractivity contribution is 6.04. The number of aromatic nitrogens is 2. The maximum atomic E-state index is 12.3. The molecule has 1 amide bonds. The van der Waals surface area contributed by atoms with Gasteiger partial charge in [0.1, 0.15) is 0 Å². The van der Waals surface area contributed by atoms with Gasteiger partial charge >= 0.3 is 0 Å². The lowest BCUT2D eigenvalue weighted by atomic mass is 10.1. The number of rotatable bonds is 4. The normalized spacial score (nSPS) is 14.7. The van der Waals surface area contributed by atoms with Crippen LogP contribution in [0.3, 0.4) is 0 Å². The van der Waals surface area contributed by atoms with Crippen LogP contribution in [0.25, 0.3) is 0 Å². The topological polar surface area (TPSA) is 75.2 Å². The zero-order chi connectivity index (χ0) is 17.6. The van der Waals surface area contributed by atoms with Crippen molar-refractivity contribution in [3.8, 4) is 0 Å². The van der Waals surface area contributed by atoms with E-state index >= 15 is 0 Å². The number of hydrogen-bond donors (Lipinski definition) is 1. The first-order valence-electron chi connectivity index (χ1n) is 8.63. The number of carbonyl (C=O) groups excluding carboxylic acids is 2. The summed E-state index contributed by atoms with van der Waals surface area (Å²) in [6.45, 7) is 3.44. The molecule has 1 aliphatic rings. The molecule has 1 aromatic carbocycles. The molecule has 6 heteroatoms. The van der Waals surface area contributed by atoms with E-state index in [9.17, 15) is 9.59 Å². The van der Waals surface area contributed by atoms with Crippen LogP contribution >= 0.6 is 0 Å². The van der Waals surface area contributed by atoms with Gasteiger partial charge in [0, 0.05) is 36.7 Å². The molecule has 2 aromatic rings. The number of Topliss-reactive ketones (excluding diaryl/α,β-unsaturated/α-hetero) is 1. The van der Waals surface area contributed by atoms with Crippen LogP contribution in [0.2, 0.25) is 0 Å². The highest BCUT2D eigenvalue weighted by Gasteiger charge is 2.14. The summed E-state index contributed by atoms with van der Waals surface area (Å²) in [4.78, 5) is 34.5. The fourth-order valence-corrected chi connectivity index (χ4v) is 2.86. The Kier molecular flexibility index (Phi) is 5.38. The summed E-state index contributed by atoms with van der Waals surface area (Å²) in [6, 6.07) is 6.80. The molecule has 2 heterocycles. The molecule has 1 aliphatic heterocycles. The van der Waals surface area contributed by atoms with Gasteiger partial charge in [0.15, 0.2) is 5.78 Å². The van der Waals surface area contributed by atoms with Crippen molar-refractivity contribution in [3.05, 3.63) is 47.8 Å². The van der Waals surface area contributed by atoms with Gasteiger partial charge in [-0.15, -0.1) is 0 Å². The Balaban J connectivity index is 1.64. The lowest BCUT2D eigenvalue weighted by Gasteiger charge is -2.19. The molecule has 1 fully saturated rings. The van der Waals surface area contributed by atoms with Gasteiger partial charge in [-0.1, -0.05) is 12.8 Å². The Morgan fingerprint density at radius 2 is 1.52 bits per heavy atom. The van der Waals surface area contributed by atoms with Gasteiger partial charge in [-0.3, -0.25) is 9.59 Å². The second-order valence-corrected chi connectivity index (χ2v) is 6.26. The van der Waals surface area contributed by atoms with E-state index in [0.29, 0.717) is 22.8 Å². The van der Waals surface area contributed by atoms with Crippen molar-refractivity contribution in [3.63, 3.8) is 0 Å². The SMILES string of the molecule is CC(=O)c1ccc(NC(=O)c2cnc(N3CCCCCC3)nc2)cc1. The molecule has 0 radical (unpaired) electrons. The number of nitrogens with zero attached hydrogens (tertiary/aromatic N) is 3. The van der Waals surface area contributed by atoms with Gasteiger partial charge in [-0.25, -0.2) is 9.97 Å². The molecule has 0 bridgehead atoms. The van der Waals surface area contributed by atoms with Gasteiger partial charge in [0.2, 0.25) is 5.95 Å². The van der Waals surface area contributed by atoms with Crippen LogP contribution in [0.15, 0.2) is 36.7 Å². The van der Waals surface area contributed by atoms with Gasteiger partial charge in [-0.2, -0.15) is 0 Å². The lowest BCUT2D eigenvalue weighted by Crippen LogP contribution is -2.26. The largest absolute Gasteiger partial charge is 0.341 e. The van der Waals surface area contributed by atoms with E-state index in [-0.39, 0.29) is 11.7 Å². The minimum absolute atomic E-state index is 0.00428. The highest BCUT2D eigenvalue weighted by atomic mass is 16.1. The second kappa shape index (κ2) is 7.88. The van der Waals surface area contributed by atoms with Crippen LogP contribution in [-0.2, 0) is 0 Å². The molecule has 25 heavy (non-hydrogen) atoms. The number of amides is 1. The van der Waals surface area contributed by atoms with E-state index in [0.717, 1.165) is 25.9 Å². The number of benzene rings is 1. The number of anilines is 2. The van der Waals surface area contributed by atoms with Gasteiger partial charge in [0.25, 0.3) is 5.91 Å². The number of hydrogen-bond acceptors (Lipinski definition) is 5. The van der Waals surface area contributed by atoms with Crippen molar-refractivity contribution >= 4 is 23.3 Å². The molecule has 0 saturated carbocycles. The standard InChI is InChI=1S/C19H22N4O2/c1-14(24)15-6-8-17(9-7-15)22-18(25)16-12-20-19(21-13-16)23-10-4-2-3-5-11-23/h6-9,12-13H,2-5,10-11H2,1H3,(H,22,25). The zero-order valence-electron chi connectivity index (χ0n) is 14.4. The summed E-state index contributed by atoms with van der Waals surface area (Å²) in [5.74, 6) is 0.414. The summed E-state index contributed by atoms with van der Waals surface area (Å²) >= 11 is 0. The van der Waals surface area contributed by atoms with Crippen molar-refractivity contribution in [1.29, 1.82) is 0 Å². The van der Waals surface area contributed by atoms with E-state index in [2.05, 4.69) is 20.2 Å². The lowest BCUT2D eigenvalue weighted by molar-refractivity contribution is 0.101. The van der Waals surface area contributed by atoms with Crippen molar-refractivity contribution in [2.45, 2.75) is 32.6 Å². The van der Waals surface area contributed by atoms with Gasteiger partial charge in [-0.05, 0) is 44.0 Å². The smallest absolute Gasteiger partial charge is 0.258 e. The van der Waals surface area contributed by atoms with E-state index in [1.54, 1.807) is 36.7 Å². The quantitative estimate of drug-likeness (QED) is 0.866. The molecular formula is C19H22N4O2. The van der Waals surface area contributed by atoms with Crippen molar-refractivity contribution in [2.75, 3.05) is 23.3 Å². The summed E-state index contributed by atoms with van der Waals surface area (Å²) in [5, 5.41) is 2.79. The molecule has 1 aromatic heterocycles. The third-order valence-electron chi connectivity index (χ3n) is 4.34. The predicted molar refractivity (Wildman–Crippen MR) is 97.1 cm³/mol. The highest BCUT2D eigenvalue weighted by Crippen LogP contribution is 2.16. The van der Waals surface area contributed by atoms with E-state index < -0.39 is 0 Å². The maximum Gasteiger partial charge on any atom is 0.258 e. The van der Waals surface area contributed by atoms with Gasteiger partial charge in [0.05, 0.1) is 5.56 Å².